The van der Waals surface area contributed by atoms with Gasteiger partial charge < -0.3 is 56.0 Å². The Bertz CT molecular complexity index is 2950. The summed E-state index contributed by atoms with van der Waals surface area (Å²) >= 11 is 0. The molecule has 24 nitrogen and oxygen atoms in total. The zero-order chi connectivity index (χ0) is 57.8. The molecule has 7 rings (SSSR count). The largest absolute Gasteiger partial charge is 0.496 e. The first kappa shape index (κ1) is 60.2. The highest BCUT2D eigenvalue weighted by molar-refractivity contribution is 6.12. The molecule has 2 aromatic carbocycles. The molecular weight excluding hydrogens is 1040 g/mol. The van der Waals surface area contributed by atoms with Crippen LogP contribution in [0.1, 0.15) is 93.5 Å². The van der Waals surface area contributed by atoms with E-state index in [0.29, 0.717) is 61.4 Å². The maximum absolute atomic E-state index is 13.9. The molecule has 3 aliphatic rings. The Morgan fingerprint density at radius 2 is 1.52 bits per heavy atom. The van der Waals surface area contributed by atoms with Gasteiger partial charge in [-0.1, -0.05) is 62.2 Å². The molecule has 0 radical (unpaired) electrons. The van der Waals surface area contributed by atoms with E-state index < -0.39 is 48.9 Å². The summed E-state index contributed by atoms with van der Waals surface area (Å²) in [4.78, 5) is 116. The number of methoxy groups -OCH3 is 1. The number of imide groups is 1. The number of hydrogen-bond acceptors (Lipinski definition) is 16. The Balaban J connectivity index is 0.814. The van der Waals surface area contributed by atoms with Gasteiger partial charge in [0.1, 0.15) is 42.2 Å². The third-order valence-corrected chi connectivity index (χ3v) is 14.4. The van der Waals surface area contributed by atoms with E-state index in [1.165, 1.54) is 12.2 Å². The number of anilines is 1. The Kier molecular flexibility index (Phi) is 22.1. The molecule has 1 saturated carbocycles. The number of unbranched alkanes of at least 4 members (excludes halogenated alkanes) is 3. The Morgan fingerprint density at radius 3 is 2.22 bits per heavy atom. The van der Waals surface area contributed by atoms with Crippen molar-refractivity contribution in [3.05, 3.63) is 89.1 Å². The van der Waals surface area contributed by atoms with Crippen molar-refractivity contribution in [2.75, 3.05) is 72.5 Å². The molecule has 81 heavy (non-hydrogen) atoms. The van der Waals surface area contributed by atoms with Crippen LogP contribution in [0.3, 0.4) is 0 Å². The Morgan fingerprint density at radius 1 is 0.815 bits per heavy atom. The van der Waals surface area contributed by atoms with Crippen LogP contribution < -0.4 is 41.8 Å². The van der Waals surface area contributed by atoms with Gasteiger partial charge in [0.05, 0.1) is 45.3 Å². The summed E-state index contributed by atoms with van der Waals surface area (Å²) in [6.45, 7) is 3.69. The van der Waals surface area contributed by atoms with Gasteiger partial charge in [-0.2, -0.15) is 15.2 Å². The van der Waals surface area contributed by atoms with Crippen LogP contribution >= 0.6 is 0 Å². The van der Waals surface area contributed by atoms with E-state index in [4.69, 9.17) is 19.9 Å². The number of amides is 8. The SMILES string of the molecule is CCCCOc1nc(N)c2cc(C#N)n(Cc3ccc(CN4CCC(N(C)C(=O)[C@H](OCNC(=O)CNC(=O)[C@H](Cc5ccccc5)NC(=O)CNC(=O)CNC(=O)CCCCCN5C(=O)C=CC5=O)C5CC5)CC4)cc3OC)c2n1. The van der Waals surface area contributed by atoms with Gasteiger partial charge in [0, 0.05) is 69.8 Å². The molecule has 0 unspecified atom stereocenters. The van der Waals surface area contributed by atoms with E-state index in [-0.39, 0.29) is 80.1 Å². The lowest BCUT2D eigenvalue weighted by molar-refractivity contribution is -0.148. The lowest BCUT2D eigenvalue weighted by Crippen LogP contribution is -2.52. The van der Waals surface area contributed by atoms with Crippen molar-refractivity contribution in [2.45, 2.75) is 109 Å². The second-order valence-corrected chi connectivity index (χ2v) is 20.4. The number of aromatic nitrogens is 3. The van der Waals surface area contributed by atoms with E-state index in [1.807, 2.05) is 18.2 Å². The third-order valence-electron chi connectivity index (χ3n) is 14.4. The second kappa shape index (κ2) is 29.7. The number of carbonyl (C=O) groups is 8. The first-order valence-corrected chi connectivity index (χ1v) is 27.5. The van der Waals surface area contributed by atoms with Crippen molar-refractivity contribution in [1.29, 1.82) is 5.26 Å². The lowest BCUT2D eigenvalue weighted by Gasteiger charge is -2.38. The fourth-order valence-corrected chi connectivity index (χ4v) is 9.61. The zero-order valence-electron chi connectivity index (χ0n) is 46.2. The minimum Gasteiger partial charge on any atom is -0.496 e. The molecule has 0 bridgehead atoms. The molecule has 4 heterocycles. The molecule has 432 valence electrons. The molecule has 24 heteroatoms. The quantitative estimate of drug-likeness (QED) is 0.0238. The molecule has 7 N–H and O–H groups in total. The average molecular weight is 1120 g/mol. The molecule has 0 spiro atoms. The van der Waals surface area contributed by atoms with Crippen LogP contribution in [0, 0.1) is 17.2 Å². The fraction of sp³-hybridized carbons (Fsp3) is 0.491. The minimum atomic E-state index is -1.11. The number of rotatable bonds is 31. The lowest BCUT2D eigenvalue weighted by atomic mass is 10.0. The number of likely N-dealkylation sites (N-methyl/N-ethyl adjacent to an activating group) is 1. The number of nitrogens with two attached hydrogens (primary N) is 1. The summed E-state index contributed by atoms with van der Waals surface area (Å²) in [5, 5.41) is 23.3. The molecule has 2 fully saturated rings. The summed E-state index contributed by atoms with van der Waals surface area (Å²) in [7, 11) is 3.41. The molecule has 2 atom stereocenters. The summed E-state index contributed by atoms with van der Waals surface area (Å²) in [6, 6.07) is 17.9. The second-order valence-electron chi connectivity index (χ2n) is 20.4. The van der Waals surface area contributed by atoms with Crippen LogP contribution in [-0.2, 0) is 62.6 Å². The van der Waals surface area contributed by atoms with E-state index >= 15 is 0 Å². The minimum absolute atomic E-state index is 0.0174. The number of benzene rings is 2. The van der Waals surface area contributed by atoms with Crippen molar-refractivity contribution < 1.29 is 52.6 Å². The van der Waals surface area contributed by atoms with E-state index in [9.17, 15) is 43.6 Å². The molecule has 8 amide bonds. The van der Waals surface area contributed by atoms with Crippen molar-refractivity contribution >= 4 is 64.1 Å². The number of nitriles is 1. The summed E-state index contributed by atoms with van der Waals surface area (Å²) in [6.07, 6.45) is 8.42. The van der Waals surface area contributed by atoms with Crippen molar-refractivity contribution in [1.82, 2.24) is 55.8 Å². The summed E-state index contributed by atoms with van der Waals surface area (Å²) < 4.78 is 19.4. The monoisotopic (exact) mass is 1120 g/mol. The van der Waals surface area contributed by atoms with Gasteiger partial charge in [-0.15, -0.1) is 0 Å². The Hall–Kier alpha value is -8.43. The number of likely N-dealkylation sites (tertiary alicyclic amines) is 1. The fourth-order valence-electron chi connectivity index (χ4n) is 9.61. The molecule has 4 aromatic rings. The number of carbonyl (C=O) groups excluding carboxylic acids is 8. The van der Waals surface area contributed by atoms with E-state index in [0.717, 1.165) is 73.2 Å². The summed E-state index contributed by atoms with van der Waals surface area (Å²) in [5.41, 5.74) is 9.79. The van der Waals surface area contributed by atoms with Crippen LogP contribution in [0.25, 0.3) is 11.0 Å². The molecular formula is C57H73N13O11. The number of hydrogen-bond donors (Lipinski definition) is 6. The number of nitrogens with zero attached hydrogens (tertiary/aromatic N) is 7. The van der Waals surface area contributed by atoms with Crippen molar-refractivity contribution in [3.8, 4) is 17.8 Å². The Labute approximate surface area is 470 Å². The zero-order valence-corrected chi connectivity index (χ0v) is 46.2. The first-order chi connectivity index (χ1) is 39.1. The highest BCUT2D eigenvalue weighted by Gasteiger charge is 2.40. The highest BCUT2D eigenvalue weighted by Crippen LogP contribution is 2.36. The molecule has 1 saturated heterocycles. The number of nitrogens with one attached hydrogen (secondary N) is 5. The highest BCUT2D eigenvalue weighted by atomic mass is 16.5. The van der Waals surface area contributed by atoms with Gasteiger partial charge >= 0.3 is 6.01 Å². The molecule has 1 aliphatic carbocycles. The summed E-state index contributed by atoms with van der Waals surface area (Å²) in [5.74, 6) is -2.85. The molecule has 2 aliphatic heterocycles. The van der Waals surface area contributed by atoms with Gasteiger partial charge in [-0.25, -0.2) is 0 Å². The van der Waals surface area contributed by atoms with Crippen molar-refractivity contribution in [3.63, 3.8) is 0 Å². The predicted octanol–water partition coefficient (Wildman–Crippen LogP) is 1.97. The third kappa shape index (κ3) is 17.5. The number of ether oxygens (including phenoxy) is 3. The van der Waals surface area contributed by atoms with E-state index in [2.05, 4.69) is 54.4 Å². The maximum Gasteiger partial charge on any atom is 0.320 e. The maximum atomic E-state index is 13.9. The number of piperidine rings is 1. The van der Waals surface area contributed by atoms with Gasteiger partial charge in [-0.3, -0.25) is 48.2 Å². The van der Waals surface area contributed by atoms with E-state index in [1.54, 1.807) is 60.0 Å². The topological polar surface area (TPSA) is 315 Å². The van der Waals surface area contributed by atoms with Crippen LogP contribution in [-0.4, -0.2) is 161 Å². The number of fused-ring (bicyclic) bond motifs is 1. The molecule has 2 aromatic heterocycles. The predicted molar refractivity (Wildman–Crippen MR) is 296 cm³/mol. The standard InChI is InChI=1S/C57H73N13O11/c1-4-5-26-80-57-65-53(59)43-29-42(30-58)70(54(43)66-57)35-40-16-15-38(28-45(40)79-3)34-68-24-21-41(22-25-68)67(2)56(78)52(39-17-18-39)81-36-63-48(73)32-62-55(77)44(27-37-12-8-6-9-13-37)64-49(74)33-61-47(72)31-60-46(71)14-10-7-11-23-69-50(75)19-20-51(69)76/h6,8-9,12-13,15-16,19-20,28-29,39,41,44,52H,4-5,7,10-11,14,17-18,21-27,31-36H2,1-3H3,(H,60,71)(H,61,72)(H,62,77)(H,63,73)(H,64,74)(H2,59,65,66)/t44-,52+/m0/s1. The average Bonchev–Trinajstić information content (AvgIpc) is 4.33. The van der Waals surface area contributed by atoms with Gasteiger partial charge in [0.2, 0.25) is 29.5 Å². The normalized spacial score (nSPS) is 15.2. The van der Waals surface area contributed by atoms with Crippen LogP contribution in [0.2, 0.25) is 0 Å². The van der Waals surface area contributed by atoms with Crippen molar-refractivity contribution in [2.24, 2.45) is 5.92 Å². The van der Waals surface area contributed by atoms with Crippen LogP contribution in [0.5, 0.6) is 11.8 Å². The van der Waals surface area contributed by atoms with Gasteiger partial charge in [0.15, 0.2) is 5.65 Å². The van der Waals surface area contributed by atoms with Gasteiger partial charge in [-0.05, 0) is 74.1 Å². The first-order valence-electron chi connectivity index (χ1n) is 27.5. The van der Waals surface area contributed by atoms with Crippen LogP contribution in [0.15, 0.2) is 66.7 Å². The number of nitrogen functional groups attached to an aromatic ring is 1. The smallest absolute Gasteiger partial charge is 0.320 e. The van der Waals surface area contributed by atoms with Gasteiger partial charge in [0.25, 0.3) is 17.7 Å². The van der Waals surface area contributed by atoms with Crippen LogP contribution in [0.4, 0.5) is 5.82 Å².